The molecule has 0 heterocycles. The van der Waals surface area contributed by atoms with Gasteiger partial charge in [-0.25, -0.2) is 0 Å². The maximum Gasteiger partial charge on any atom is 0.416 e. The zero-order valence-electron chi connectivity index (χ0n) is 11.7. The molecule has 2 aromatic carbocycles. The summed E-state index contributed by atoms with van der Waals surface area (Å²) >= 11 is 0. The Morgan fingerprint density at radius 2 is 1.76 bits per heavy atom. The van der Waals surface area contributed by atoms with Gasteiger partial charge in [0.2, 0.25) is 0 Å². The van der Waals surface area contributed by atoms with Crippen molar-refractivity contribution in [3.8, 4) is 0 Å². The monoisotopic (exact) mass is 294 g/mol. The maximum absolute atomic E-state index is 12.7. The number of alkyl halides is 3. The molecular formula is C17H17F3O. The molecule has 0 bridgehead atoms. The normalized spacial score (nSPS) is 13.2. The van der Waals surface area contributed by atoms with Gasteiger partial charge in [0.25, 0.3) is 0 Å². The Balaban J connectivity index is 2.26. The first-order valence-electron chi connectivity index (χ1n) is 6.74. The van der Waals surface area contributed by atoms with Crippen LogP contribution in [0.25, 0.3) is 0 Å². The van der Waals surface area contributed by atoms with Gasteiger partial charge in [0.1, 0.15) is 0 Å². The van der Waals surface area contributed by atoms with Crippen LogP contribution in [-0.4, -0.2) is 11.7 Å². The van der Waals surface area contributed by atoms with Gasteiger partial charge in [-0.1, -0.05) is 42.5 Å². The number of aryl methyl sites for hydroxylation is 1. The molecule has 0 aliphatic heterocycles. The summed E-state index contributed by atoms with van der Waals surface area (Å²) in [4.78, 5) is 0. The third-order valence-electron chi connectivity index (χ3n) is 3.59. The number of benzene rings is 2. The first-order chi connectivity index (χ1) is 9.91. The Morgan fingerprint density at radius 1 is 1.05 bits per heavy atom. The van der Waals surface area contributed by atoms with Crippen LogP contribution in [-0.2, 0) is 12.6 Å². The third-order valence-corrected chi connectivity index (χ3v) is 3.59. The molecular weight excluding hydrogens is 277 g/mol. The number of hydrogen-bond acceptors (Lipinski definition) is 1. The Labute approximate surface area is 122 Å². The fraction of sp³-hybridized carbons (Fsp3) is 0.294. The van der Waals surface area contributed by atoms with E-state index < -0.39 is 11.7 Å². The number of rotatable bonds is 4. The first-order valence-corrected chi connectivity index (χ1v) is 6.74. The maximum atomic E-state index is 12.7. The van der Waals surface area contributed by atoms with Crippen LogP contribution < -0.4 is 0 Å². The summed E-state index contributed by atoms with van der Waals surface area (Å²) in [5, 5.41) is 9.57. The molecule has 4 heteroatoms. The Morgan fingerprint density at radius 3 is 2.38 bits per heavy atom. The van der Waals surface area contributed by atoms with Gasteiger partial charge in [0.05, 0.1) is 12.2 Å². The molecule has 112 valence electrons. The van der Waals surface area contributed by atoms with Gasteiger partial charge >= 0.3 is 6.18 Å². The standard InChI is InChI=1S/C17H17F3O/c1-12-5-2-3-8-16(12)14(11-21)9-13-6-4-7-15(10-13)17(18,19)20/h2-8,10,14,21H,9,11H2,1H3. The SMILES string of the molecule is Cc1ccccc1C(CO)Cc1cccc(C(F)(F)F)c1. The van der Waals surface area contributed by atoms with E-state index in [9.17, 15) is 18.3 Å². The Kier molecular flexibility index (Phi) is 4.68. The number of hydrogen-bond donors (Lipinski definition) is 1. The fourth-order valence-corrected chi connectivity index (χ4v) is 2.48. The van der Waals surface area contributed by atoms with Gasteiger partial charge in [-0.2, -0.15) is 13.2 Å². The highest BCUT2D eigenvalue weighted by Crippen LogP contribution is 2.31. The summed E-state index contributed by atoms with van der Waals surface area (Å²) in [5.74, 6) is -0.199. The molecule has 1 atom stereocenters. The van der Waals surface area contributed by atoms with E-state index in [0.29, 0.717) is 12.0 Å². The van der Waals surface area contributed by atoms with Crippen LogP contribution >= 0.6 is 0 Å². The van der Waals surface area contributed by atoms with Gasteiger partial charge in [-0.05, 0) is 36.1 Å². The van der Waals surface area contributed by atoms with Crippen molar-refractivity contribution in [2.75, 3.05) is 6.61 Å². The molecule has 0 saturated carbocycles. The smallest absolute Gasteiger partial charge is 0.396 e. The molecule has 1 nitrogen and oxygen atoms in total. The van der Waals surface area contributed by atoms with Crippen molar-refractivity contribution < 1.29 is 18.3 Å². The molecule has 1 N–H and O–H groups in total. The van der Waals surface area contributed by atoms with E-state index in [1.54, 1.807) is 6.07 Å². The fourth-order valence-electron chi connectivity index (χ4n) is 2.48. The quantitative estimate of drug-likeness (QED) is 0.889. The average molecular weight is 294 g/mol. The second kappa shape index (κ2) is 6.31. The predicted molar refractivity (Wildman–Crippen MR) is 76.2 cm³/mol. The zero-order chi connectivity index (χ0) is 15.5. The molecule has 2 aromatic rings. The largest absolute Gasteiger partial charge is 0.416 e. The third kappa shape index (κ3) is 3.85. The van der Waals surface area contributed by atoms with Crippen molar-refractivity contribution in [2.24, 2.45) is 0 Å². The molecule has 1 unspecified atom stereocenters. The van der Waals surface area contributed by atoms with Gasteiger partial charge in [-0.3, -0.25) is 0 Å². The number of aliphatic hydroxyl groups excluding tert-OH is 1. The Bertz CT molecular complexity index is 605. The van der Waals surface area contributed by atoms with Crippen molar-refractivity contribution in [1.82, 2.24) is 0 Å². The van der Waals surface area contributed by atoms with Crippen LogP contribution in [0, 0.1) is 6.92 Å². The molecule has 0 fully saturated rings. The summed E-state index contributed by atoms with van der Waals surface area (Å²) in [6, 6.07) is 12.9. The first kappa shape index (κ1) is 15.6. The van der Waals surface area contributed by atoms with Gasteiger partial charge < -0.3 is 5.11 Å². The van der Waals surface area contributed by atoms with Gasteiger partial charge in [-0.15, -0.1) is 0 Å². The topological polar surface area (TPSA) is 20.2 Å². The molecule has 0 aliphatic carbocycles. The molecule has 21 heavy (non-hydrogen) atoms. The highest BCUT2D eigenvalue weighted by Gasteiger charge is 2.30. The highest BCUT2D eigenvalue weighted by molar-refractivity contribution is 5.32. The van der Waals surface area contributed by atoms with Crippen LogP contribution in [0.5, 0.6) is 0 Å². The zero-order valence-corrected chi connectivity index (χ0v) is 11.7. The second-order valence-electron chi connectivity index (χ2n) is 5.14. The van der Waals surface area contributed by atoms with Crippen LogP contribution in [0.15, 0.2) is 48.5 Å². The summed E-state index contributed by atoms with van der Waals surface area (Å²) in [6.07, 6.45) is -3.96. The molecule has 0 aromatic heterocycles. The van der Waals surface area contributed by atoms with Crippen molar-refractivity contribution in [1.29, 1.82) is 0 Å². The molecule has 0 spiro atoms. The van der Waals surface area contributed by atoms with Gasteiger partial charge in [0, 0.05) is 5.92 Å². The van der Waals surface area contributed by atoms with Gasteiger partial charge in [0.15, 0.2) is 0 Å². The number of aliphatic hydroxyl groups is 1. The van der Waals surface area contributed by atoms with E-state index in [4.69, 9.17) is 0 Å². The van der Waals surface area contributed by atoms with Crippen LogP contribution in [0.1, 0.15) is 28.2 Å². The van der Waals surface area contributed by atoms with Crippen LogP contribution in [0.3, 0.4) is 0 Å². The van der Waals surface area contributed by atoms with E-state index >= 15 is 0 Å². The lowest BCUT2D eigenvalue weighted by Crippen LogP contribution is -2.11. The van der Waals surface area contributed by atoms with E-state index in [1.807, 2.05) is 31.2 Å². The van der Waals surface area contributed by atoms with Crippen molar-refractivity contribution in [3.05, 3.63) is 70.8 Å². The van der Waals surface area contributed by atoms with Crippen molar-refractivity contribution in [3.63, 3.8) is 0 Å². The minimum atomic E-state index is -4.34. The molecule has 0 aliphatic rings. The van der Waals surface area contributed by atoms with Crippen molar-refractivity contribution >= 4 is 0 Å². The molecule has 0 saturated heterocycles. The highest BCUT2D eigenvalue weighted by atomic mass is 19.4. The minimum Gasteiger partial charge on any atom is -0.396 e. The molecule has 0 amide bonds. The van der Waals surface area contributed by atoms with E-state index in [0.717, 1.165) is 23.3 Å². The average Bonchev–Trinajstić information content (AvgIpc) is 2.45. The lowest BCUT2D eigenvalue weighted by molar-refractivity contribution is -0.137. The van der Waals surface area contributed by atoms with E-state index in [2.05, 4.69) is 0 Å². The number of halogens is 3. The predicted octanol–water partition coefficient (Wildman–Crippen LogP) is 4.33. The van der Waals surface area contributed by atoms with Crippen molar-refractivity contribution in [2.45, 2.75) is 25.4 Å². The van der Waals surface area contributed by atoms with Crippen LogP contribution in [0.4, 0.5) is 13.2 Å². The van der Waals surface area contributed by atoms with Crippen LogP contribution in [0.2, 0.25) is 0 Å². The second-order valence-corrected chi connectivity index (χ2v) is 5.14. The summed E-state index contributed by atoms with van der Waals surface area (Å²) < 4.78 is 38.2. The molecule has 2 rings (SSSR count). The summed E-state index contributed by atoms with van der Waals surface area (Å²) in [6.45, 7) is 1.84. The van der Waals surface area contributed by atoms with E-state index in [-0.39, 0.29) is 12.5 Å². The lowest BCUT2D eigenvalue weighted by atomic mass is 9.89. The minimum absolute atomic E-state index is 0.0961. The summed E-state index contributed by atoms with van der Waals surface area (Å²) in [7, 11) is 0. The lowest BCUT2D eigenvalue weighted by Gasteiger charge is -2.18. The molecule has 0 radical (unpaired) electrons. The Hall–Kier alpha value is -1.81. The van der Waals surface area contributed by atoms with E-state index in [1.165, 1.54) is 6.07 Å². The summed E-state index contributed by atoms with van der Waals surface area (Å²) in [5.41, 5.74) is 1.93.